The maximum Gasteiger partial charge on any atom is 0.224 e. The normalized spacial score (nSPS) is 11.2. The molecule has 3 rings (SSSR count). The Kier molecular flexibility index (Phi) is 5.96. The Morgan fingerprint density at radius 2 is 1.33 bits per heavy atom. The summed E-state index contributed by atoms with van der Waals surface area (Å²) < 4.78 is 0. The Bertz CT molecular complexity index is 875. The van der Waals surface area contributed by atoms with Crippen molar-refractivity contribution in [3.05, 3.63) is 76.3 Å². The Morgan fingerprint density at radius 1 is 0.852 bits per heavy atom. The van der Waals surface area contributed by atoms with E-state index in [9.17, 15) is 0 Å². The Balaban J connectivity index is 1.63. The van der Waals surface area contributed by atoms with E-state index < -0.39 is 0 Å². The van der Waals surface area contributed by atoms with Gasteiger partial charge in [-0.3, -0.25) is 10.9 Å². The quantitative estimate of drug-likeness (QED) is 0.445. The van der Waals surface area contributed by atoms with Crippen LogP contribution in [0.25, 0.3) is 0 Å². The van der Waals surface area contributed by atoms with E-state index in [0.717, 1.165) is 11.1 Å². The lowest BCUT2D eigenvalue weighted by Crippen LogP contribution is -2.03. The smallest absolute Gasteiger partial charge is 0.224 e. The van der Waals surface area contributed by atoms with Gasteiger partial charge in [0.05, 0.1) is 12.4 Å². The second kappa shape index (κ2) is 8.77. The summed E-state index contributed by atoms with van der Waals surface area (Å²) in [5, 5.41) is 8.96. The number of halogens is 1. The van der Waals surface area contributed by atoms with Gasteiger partial charge in [0.15, 0.2) is 11.6 Å². The fourth-order valence-corrected chi connectivity index (χ4v) is 2.25. The fraction of sp³-hybridized carbons (Fsp3) is 0.0526. The molecule has 0 atom stereocenters. The molecule has 0 fully saturated rings. The van der Waals surface area contributed by atoms with Crippen LogP contribution in [0.2, 0.25) is 5.02 Å². The summed E-state index contributed by atoms with van der Waals surface area (Å²) in [7, 11) is 0. The Hall–Kier alpha value is -3.45. The van der Waals surface area contributed by atoms with Crippen LogP contribution in [0.3, 0.4) is 0 Å². The average Bonchev–Trinajstić information content (AvgIpc) is 2.65. The first-order chi connectivity index (χ1) is 13.1. The third kappa shape index (κ3) is 5.79. The summed E-state index contributed by atoms with van der Waals surface area (Å²) in [5.74, 6) is 1.01. The highest BCUT2D eigenvalue weighted by Gasteiger charge is 2.01. The molecule has 7 nitrogen and oxygen atoms in total. The van der Waals surface area contributed by atoms with Crippen molar-refractivity contribution in [1.29, 1.82) is 0 Å². The minimum atomic E-state index is 0.106. The summed E-state index contributed by atoms with van der Waals surface area (Å²) in [6.45, 7) is 2.03. The van der Waals surface area contributed by atoms with E-state index in [4.69, 9.17) is 17.3 Å². The van der Waals surface area contributed by atoms with Crippen LogP contribution >= 0.6 is 11.6 Å². The van der Waals surface area contributed by atoms with Gasteiger partial charge in [-0.15, -0.1) is 0 Å². The number of nitrogens with two attached hydrogens (primary N) is 1. The van der Waals surface area contributed by atoms with E-state index in [1.165, 1.54) is 5.56 Å². The molecule has 1 aromatic heterocycles. The van der Waals surface area contributed by atoms with E-state index in [0.29, 0.717) is 16.7 Å². The van der Waals surface area contributed by atoms with E-state index >= 15 is 0 Å². The third-order valence-corrected chi connectivity index (χ3v) is 3.73. The van der Waals surface area contributed by atoms with Gasteiger partial charge in [-0.2, -0.15) is 20.2 Å². The van der Waals surface area contributed by atoms with E-state index in [1.807, 2.05) is 43.3 Å². The highest BCUT2D eigenvalue weighted by Crippen LogP contribution is 2.13. The van der Waals surface area contributed by atoms with E-state index in [-0.39, 0.29) is 5.95 Å². The zero-order valence-electron chi connectivity index (χ0n) is 14.6. The van der Waals surface area contributed by atoms with Gasteiger partial charge < -0.3 is 5.73 Å². The second-order valence-electron chi connectivity index (χ2n) is 5.70. The molecule has 0 spiro atoms. The minimum absolute atomic E-state index is 0.106. The largest absolute Gasteiger partial charge is 0.368 e. The lowest BCUT2D eigenvalue weighted by Gasteiger charge is -2.04. The molecule has 136 valence electrons. The highest BCUT2D eigenvalue weighted by atomic mass is 35.5. The lowest BCUT2D eigenvalue weighted by molar-refractivity contribution is 1.13. The number of aryl methyl sites for hydroxylation is 1. The number of rotatable bonds is 6. The summed E-state index contributed by atoms with van der Waals surface area (Å²) >= 11 is 5.85. The molecule has 0 aliphatic heterocycles. The zero-order chi connectivity index (χ0) is 19.1. The van der Waals surface area contributed by atoms with Gasteiger partial charge in [0.1, 0.15) is 0 Å². The van der Waals surface area contributed by atoms with Crippen LogP contribution in [0.4, 0.5) is 17.6 Å². The van der Waals surface area contributed by atoms with Gasteiger partial charge in [0.2, 0.25) is 5.95 Å². The summed E-state index contributed by atoms with van der Waals surface area (Å²) in [5.41, 5.74) is 14.5. The molecule has 0 saturated carbocycles. The SMILES string of the molecule is Cc1ccc(/C=N/Nc2cc(N/N=C/c3ccc(Cl)cc3)nc(N)n2)cc1. The molecule has 0 bridgehead atoms. The number of hydrogen-bond acceptors (Lipinski definition) is 7. The number of nitrogen functional groups attached to an aromatic ring is 1. The van der Waals surface area contributed by atoms with Crippen LogP contribution in [-0.2, 0) is 0 Å². The van der Waals surface area contributed by atoms with Gasteiger partial charge in [0, 0.05) is 11.1 Å². The number of hydrogen-bond donors (Lipinski definition) is 3. The molecule has 1 heterocycles. The summed E-state index contributed by atoms with van der Waals surface area (Å²) in [6.07, 6.45) is 3.35. The van der Waals surface area contributed by atoms with Crippen molar-refractivity contribution in [2.45, 2.75) is 6.92 Å². The topological polar surface area (TPSA) is 101 Å². The summed E-state index contributed by atoms with van der Waals surface area (Å²) in [4.78, 5) is 8.17. The molecule has 27 heavy (non-hydrogen) atoms. The molecule has 0 amide bonds. The van der Waals surface area contributed by atoms with Gasteiger partial charge in [-0.25, -0.2) is 0 Å². The highest BCUT2D eigenvalue weighted by molar-refractivity contribution is 6.30. The van der Waals surface area contributed by atoms with Crippen molar-refractivity contribution in [2.24, 2.45) is 10.2 Å². The van der Waals surface area contributed by atoms with Gasteiger partial charge >= 0.3 is 0 Å². The molecular formula is C19H18ClN7. The van der Waals surface area contributed by atoms with Crippen LogP contribution in [0.15, 0.2) is 64.8 Å². The monoisotopic (exact) mass is 379 g/mol. The van der Waals surface area contributed by atoms with Crippen molar-refractivity contribution in [1.82, 2.24) is 9.97 Å². The first kappa shape index (κ1) is 18.3. The molecule has 2 aromatic carbocycles. The Labute approximate surface area is 162 Å². The second-order valence-corrected chi connectivity index (χ2v) is 6.14. The molecule has 0 radical (unpaired) electrons. The van der Waals surface area contributed by atoms with Crippen molar-refractivity contribution >= 4 is 41.6 Å². The molecular weight excluding hydrogens is 362 g/mol. The fourth-order valence-electron chi connectivity index (χ4n) is 2.13. The van der Waals surface area contributed by atoms with Gasteiger partial charge in [0.25, 0.3) is 0 Å². The van der Waals surface area contributed by atoms with Crippen LogP contribution in [0, 0.1) is 6.92 Å². The van der Waals surface area contributed by atoms with Crippen LogP contribution in [0.1, 0.15) is 16.7 Å². The first-order valence-corrected chi connectivity index (χ1v) is 8.51. The van der Waals surface area contributed by atoms with Gasteiger partial charge in [-0.05, 0) is 30.2 Å². The predicted molar refractivity (Wildman–Crippen MR) is 112 cm³/mol. The van der Waals surface area contributed by atoms with Gasteiger partial charge in [-0.1, -0.05) is 53.6 Å². The number of anilines is 3. The van der Waals surface area contributed by atoms with E-state index in [2.05, 4.69) is 31.0 Å². The first-order valence-electron chi connectivity index (χ1n) is 8.13. The molecule has 4 N–H and O–H groups in total. The van der Waals surface area contributed by atoms with Crippen molar-refractivity contribution in [3.63, 3.8) is 0 Å². The molecule has 0 aliphatic rings. The van der Waals surface area contributed by atoms with Crippen LogP contribution in [-0.4, -0.2) is 22.4 Å². The molecule has 3 aromatic rings. The van der Waals surface area contributed by atoms with E-state index in [1.54, 1.807) is 30.6 Å². The Morgan fingerprint density at radius 3 is 1.85 bits per heavy atom. The number of nitrogens with zero attached hydrogens (tertiary/aromatic N) is 4. The lowest BCUT2D eigenvalue weighted by atomic mass is 10.2. The van der Waals surface area contributed by atoms with Crippen molar-refractivity contribution in [3.8, 4) is 0 Å². The molecule has 0 unspecified atom stereocenters. The maximum atomic E-state index is 5.85. The molecule has 0 aliphatic carbocycles. The number of benzene rings is 2. The number of hydrazone groups is 2. The zero-order valence-corrected chi connectivity index (χ0v) is 15.4. The standard InChI is InChI=1S/C19H18ClN7/c1-13-2-4-14(5-3-13)11-22-26-17-10-18(25-19(21)24-17)27-23-12-15-6-8-16(20)9-7-15/h2-12H,1H3,(H4,21,24,25,26,27)/b22-11+,23-12+. The average molecular weight is 380 g/mol. The van der Waals surface area contributed by atoms with Crippen molar-refractivity contribution < 1.29 is 0 Å². The molecule has 0 saturated heterocycles. The number of nitrogens with one attached hydrogen (secondary N) is 2. The van der Waals surface area contributed by atoms with Crippen LogP contribution in [0.5, 0.6) is 0 Å². The third-order valence-electron chi connectivity index (χ3n) is 3.48. The number of aromatic nitrogens is 2. The summed E-state index contributed by atoms with van der Waals surface area (Å²) in [6, 6.07) is 16.9. The predicted octanol–water partition coefficient (Wildman–Crippen LogP) is 3.91. The van der Waals surface area contributed by atoms with Crippen molar-refractivity contribution in [2.75, 3.05) is 16.6 Å². The van der Waals surface area contributed by atoms with Crippen LogP contribution < -0.4 is 16.6 Å². The maximum absolute atomic E-state index is 5.85. The molecule has 8 heteroatoms. The minimum Gasteiger partial charge on any atom is -0.368 e.